The Morgan fingerprint density at radius 1 is 1.15 bits per heavy atom. The molecule has 140 valence electrons. The van der Waals surface area contributed by atoms with Crippen LogP contribution in [0.5, 0.6) is 0 Å². The first-order valence-corrected chi connectivity index (χ1v) is 9.50. The van der Waals surface area contributed by atoms with Crippen molar-refractivity contribution in [2.24, 2.45) is 0 Å². The summed E-state index contributed by atoms with van der Waals surface area (Å²) in [4.78, 5) is 24.1. The van der Waals surface area contributed by atoms with Crippen LogP contribution in [0.4, 0.5) is 5.82 Å². The van der Waals surface area contributed by atoms with Crippen LogP contribution < -0.4 is 10.2 Å². The van der Waals surface area contributed by atoms with Gasteiger partial charge in [-0.1, -0.05) is 30.3 Å². The molecule has 6 nitrogen and oxygen atoms in total. The Bertz CT molecular complexity index is 945. The Balaban J connectivity index is 1.70. The SMILES string of the molecule is Cc1oc2ncnc(N3CCCCC3)c2c1C(=O)N[C@@H](C)c1ccccc1. The third-order valence-electron chi connectivity index (χ3n) is 5.17. The van der Waals surface area contributed by atoms with Crippen LogP contribution in [-0.2, 0) is 0 Å². The quantitative estimate of drug-likeness (QED) is 0.757. The number of fused-ring (bicyclic) bond motifs is 1. The van der Waals surface area contributed by atoms with E-state index in [1.54, 1.807) is 0 Å². The maximum Gasteiger partial charge on any atom is 0.256 e. The van der Waals surface area contributed by atoms with Crippen molar-refractivity contribution in [3.8, 4) is 0 Å². The number of benzene rings is 1. The average molecular weight is 364 g/mol. The fourth-order valence-electron chi connectivity index (χ4n) is 3.74. The van der Waals surface area contributed by atoms with E-state index in [1.807, 2.05) is 44.2 Å². The van der Waals surface area contributed by atoms with E-state index in [0.717, 1.165) is 42.7 Å². The molecule has 1 saturated heterocycles. The molecular weight excluding hydrogens is 340 g/mol. The van der Waals surface area contributed by atoms with Crippen LogP contribution in [0, 0.1) is 6.92 Å². The van der Waals surface area contributed by atoms with Crippen LogP contribution in [0.2, 0.25) is 0 Å². The number of carbonyl (C=O) groups excluding carboxylic acids is 1. The molecule has 1 aromatic carbocycles. The van der Waals surface area contributed by atoms with Crippen molar-refractivity contribution < 1.29 is 9.21 Å². The molecular formula is C21H24N4O2. The van der Waals surface area contributed by atoms with Crippen molar-refractivity contribution >= 4 is 22.8 Å². The number of nitrogens with one attached hydrogen (secondary N) is 1. The van der Waals surface area contributed by atoms with Gasteiger partial charge in [0.05, 0.1) is 17.0 Å². The number of nitrogens with zero attached hydrogens (tertiary/aromatic N) is 3. The number of piperidine rings is 1. The molecule has 3 heterocycles. The lowest BCUT2D eigenvalue weighted by molar-refractivity contribution is 0.0940. The molecule has 6 heteroatoms. The van der Waals surface area contributed by atoms with Gasteiger partial charge < -0.3 is 14.6 Å². The number of anilines is 1. The molecule has 0 spiro atoms. The second-order valence-electron chi connectivity index (χ2n) is 7.06. The highest BCUT2D eigenvalue weighted by Gasteiger charge is 2.26. The number of hydrogen-bond acceptors (Lipinski definition) is 5. The number of carbonyl (C=O) groups is 1. The normalized spacial score (nSPS) is 15.7. The van der Waals surface area contributed by atoms with Gasteiger partial charge in [0.15, 0.2) is 0 Å². The zero-order valence-electron chi connectivity index (χ0n) is 15.7. The largest absolute Gasteiger partial charge is 0.442 e. The van der Waals surface area contributed by atoms with Crippen molar-refractivity contribution in [3.63, 3.8) is 0 Å². The van der Waals surface area contributed by atoms with E-state index in [2.05, 4.69) is 20.2 Å². The lowest BCUT2D eigenvalue weighted by atomic mass is 10.1. The third kappa shape index (κ3) is 3.39. The summed E-state index contributed by atoms with van der Waals surface area (Å²) in [5, 5.41) is 3.81. The van der Waals surface area contributed by atoms with Crippen molar-refractivity contribution in [1.82, 2.24) is 15.3 Å². The zero-order chi connectivity index (χ0) is 18.8. The van der Waals surface area contributed by atoms with E-state index in [0.29, 0.717) is 17.0 Å². The van der Waals surface area contributed by atoms with E-state index in [9.17, 15) is 4.79 Å². The number of hydrogen-bond donors (Lipinski definition) is 1. The molecule has 3 aromatic rings. The summed E-state index contributed by atoms with van der Waals surface area (Å²) in [6, 6.07) is 9.82. The summed E-state index contributed by atoms with van der Waals surface area (Å²) in [6.45, 7) is 5.67. The summed E-state index contributed by atoms with van der Waals surface area (Å²) in [7, 11) is 0. The van der Waals surface area contributed by atoms with Crippen LogP contribution in [0.3, 0.4) is 0 Å². The number of aromatic nitrogens is 2. The molecule has 0 bridgehead atoms. The third-order valence-corrected chi connectivity index (χ3v) is 5.17. The van der Waals surface area contributed by atoms with Crippen LogP contribution in [0.25, 0.3) is 11.1 Å². The predicted octanol–water partition coefficient (Wildman–Crippen LogP) is 4.01. The first kappa shape index (κ1) is 17.5. The lowest BCUT2D eigenvalue weighted by Crippen LogP contribution is -2.31. The van der Waals surface area contributed by atoms with Gasteiger partial charge in [0.2, 0.25) is 5.71 Å². The van der Waals surface area contributed by atoms with Gasteiger partial charge in [-0.2, -0.15) is 0 Å². The molecule has 0 aliphatic carbocycles. The summed E-state index contributed by atoms with van der Waals surface area (Å²) in [5.41, 5.74) is 2.07. The first-order chi connectivity index (χ1) is 13.1. The van der Waals surface area contributed by atoms with Gasteiger partial charge in [0.25, 0.3) is 5.91 Å². The van der Waals surface area contributed by atoms with Crippen molar-refractivity contribution in [2.75, 3.05) is 18.0 Å². The van der Waals surface area contributed by atoms with Crippen molar-refractivity contribution in [3.05, 3.63) is 53.5 Å². The molecule has 0 saturated carbocycles. The molecule has 1 fully saturated rings. The zero-order valence-corrected chi connectivity index (χ0v) is 15.7. The molecule has 1 aliphatic heterocycles. The summed E-state index contributed by atoms with van der Waals surface area (Å²) < 4.78 is 5.80. The minimum Gasteiger partial charge on any atom is -0.442 e. The second-order valence-corrected chi connectivity index (χ2v) is 7.06. The maximum absolute atomic E-state index is 13.1. The van der Waals surface area contributed by atoms with Crippen molar-refractivity contribution in [2.45, 2.75) is 39.2 Å². The topological polar surface area (TPSA) is 71.3 Å². The van der Waals surface area contributed by atoms with Crippen molar-refractivity contribution in [1.29, 1.82) is 0 Å². The predicted molar refractivity (Wildman–Crippen MR) is 105 cm³/mol. The summed E-state index contributed by atoms with van der Waals surface area (Å²) >= 11 is 0. The number of rotatable bonds is 4. The van der Waals surface area contributed by atoms with Gasteiger partial charge in [-0.25, -0.2) is 9.97 Å². The molecule has 1 N–H and O–H groups in total. The van der Waals surface area contributed by atoms with Gasteiger partial charge >= 0.3 is 0 Å². The van der Waals surface area contributed by atoms with Gasteiger partial charge in [-0.15, -0.1) is 0 Å². The lowest BCUT2D eigenvalue weighted by Gasteiger charge is -2.28. The second kappa shape index (κ2) is 7.39. The molecule has 0 radical (unpaired) electrons. The van der Waals surface area contributed by atoms with Gasteiger partial charge in [-0.3, -0.25) is 4.79 Å². The highest BCUT2D eigenvalue weighted by molar-refractivity contribution is 6.10. The first-order valence-electron chi connectivity index (χ1n) is 9.50. The van der Waals surface area contributed by atoms with E-state index in [4.69, 9.17) is 4.42 Å². The van der Waals surface area contributed by atoms with Crippen LogP contribution in [0.1, 0.15) is 53.9 Å². The molecule has 0 unspecified atom stereocenters. The number of aryl methyl sites for hydroxylation is 1. The maximum atomic E-state index is 13.1. The van der Waals surface area contributed by atoms with Crippen LogP contribution in [-0.4, -0.2) is 29.0 Å². The molecule has 1 aliphatic rings. The van der Waals surface area contributed by atoms with Gasteiger partial charge in [-0.05, 0) is 38.7 Å². The fourth-order valence-corrected chi connectivity index (χ4v) is 3.74. The fraction of sp³-hybridized carbons (Fsp3) is 0.381. The van der Waals surface area contributed by atoms with Gasteiger partial charge in [0, 0.05) is 13.1 Å². The van der Waals surface area contributed by atoms with Gasteiger partial charge in [0.1, 0.15) is 17.9 Å². The smallest absolute Gasteiger partial charge is 0.256 e. The average Bonchev–Trinajstić information content (AvgIpc) is 3.05. The Morgan fingerprint density at radius 2 is 1.89 bits per heavy atom. The molecule has 2 aromatic heterocycles. The molecule has 1 atom stereocenters. The summed E-state index contributed by atoms with van der Waals surface area (Å²) in [6.07, 6.45) is 5.02. The molecule has 4 rings (SSSR count). The van der Waals surface area contributed by atoms with E-state index in [-0.39, 0.29) is 11.9 Å². The molecule has 27 heavy (non-hydrogen) atoms. The van der Waals surface area contributed by atoms with E-state index >= 15 is 0 Å². The van der Waals surface area contributed by atoms with Crippen LogP contribution in [0.15, 0.2) is 41.1 Å². The molecule has 1 amide bonds. The highest BCUT2D eigenvalue weighted by Crippen LogP contribution is 2.32. The number of furan rings is 1. The highest BCUT2D eigenvalue weighted by atomic mass is 16.3. The minimum atomic E-state index is -0.157. The monoisotopic (exact) mass is 364 g/mol. The Hall–Kier alpha value is -2.89. The summed E-state index contributed by atoms with van der Waals surface area (Å²) in [5.74, 6) is 1.21. The minimum absolute atomic E-state index is 0.105. The Morgan fingerprint density at radius 3 is 2.63 bits per heavy atom. The van der Waals surface area contributed by atoms with E-state index in [1.165, 1.54) is 12.7 Å². The van der Waals surface area contributed by atoms with E-state index < -0.39 is 0 Å². The Labute approximate surface area is 158 Å². The van der Waals surface area contributed by atoms with Crippen LogP contribution >= 0.6 is 0 Å². The standard InChI is InChI=1S/C21H24N4O2/c1-14(16-9-5-3-6-10-16)24-20(26)17-15(2)27-21-18(17)19(22-13-23-21)25-11-7-4-8-12-25/h3,5-6,9-10,13-14H,4,7-8,11-12H2,1-2H3,(H,24,26)/t14-/m0/s1. The Kier molecular flexibility index (Phi) is 4.79. The number of amides is 1.